The number of nitrogens with one attached hydrogen (secondary N) is 1. The summed E-state index contributed by atoms with van der Waals surface area (Å²) in [6.45, 7) is 3.49. The molecule has 1 aliphatic rings. The van der Waals surface area contributed by atoms with Crippen molar-refractivity contribution >= 4 is 11.3 Å². The lowest BCUT2D eigenvalue weighted by atomic mass is 10.00. The molecule has 0 spiro atoms. The second kappa shape index (κ2) is 5.66. The smallest absolute Gasteiger partial charge is 0.00671 e. The van der Waals surface area contributed by atoms with Crippen LogP contribution in [0.3, 0.4) is 0 Å². The zero-order valence-electron chi connectivity index (χ0n) is 9.54. The molecule has 0 bridgehead atoms. The van der Waals surface area contributed by atoms with Crippen LogP contribution < -0.4 is 5.32 Å². The largest absolute Gasteiger partial charge is 0.314 e. The summed E-state index contributed by atoms with van der Waals surface area (Å²) >= 11 is 1.87. The molecule has 84 valence electrons. The average molecular weight is 223 g/mol. The highest BCUT2D eigenvalue weighted by molar-refractivity contribution is 7.09. The third kappa shape index (κ3) is 3.32. The number of thiophene rings is 1. The fourth-order valence-corrected chi connectivity index (χ4v) is 3.21. The van der Waals surface area contributed by atoms with Gasteiger partial charge in [-0.25, -0.2) is 0 Å². The molecule has 2 rings (SSSR count). The Bertz CT molecular complexity index is 262. The maximum Gasteiger partial charge on any atom is 0.00671 e. The summed E-state index contributed by atoms with van der Waals surface area (Å²) < 4.78 is 0. The highest BCUT2D eigenvalue weighted by atomic mass is 32.1. The molecule has 15 heavy (non-hydrogen) atoms. The molecule has 0 aromatic carbocycles. The normalized spacial score (nSPS) is 19.5. The number of hydrogen-bond donors (Lipinski definition) is 1. The van der Waals surface area contributed by atoms with Gasteiger partial charge in [-0.15, -0.1) is 11.3 Å². The molecule has 1 N–H and O–H groups in total. The Hall–Kier alpha value is -0.340. The molecule has 0 unspecified atom stereocenters. The highest BCUT2D eigenvalue weighted by Gasteiger charge is 2.20. The number of hydrogen-bond acceptors (Lipinski definition) is 2. The molecule has 0 amide bonds. The quantitative estimate of drug-likeness (QED) is 0.806. The molecule has 1 nitrogen and oxygen atoms in total. The maximum atomic E-state index is 3.67. The zero-order chi connectivity index (χ0) is 10.5. The summed E-state index contributed by atoms with van der Waals surface area (Å²) in [5, 5.41) is 5.83. The first-order valence-electron chi connectivity index (χ1n) is 6.12. The Morgan fingerprint density at radius 3 is 2.93 bits per heavy atom. The standard InChI is InChI=1S/C13H21NS/c1-11(12-5-2-3-6-12)14-9-8-13-7-4-10-15-13/h4,7,10-12,14H,2-3,5-6,8-9H2,1H3/t11-/m1/s1. The maximum absolute atomic E-state index is 3.67. The van der Waals surface area contributed by atoms with Crippen molar-refractivity contribution in [2.75, 3.05) is 6.54 Å². The van der Waals surface area contributed by atoms with Crippen LogP contribution in [-0.2, 0) is 6.42 Å². The van der Waals surface area contributed by atoms with Crippen LogP contribution in [0.5, 0.6) is 0 Å². The topological polar surface area (TPSA) is 12.0 Å². The van der Waals surface area contributed by atoms with Gasteiger partial charge in [0.2, 0.25) is 0 Å². The van der Waals surface area contributed by atoms with Gasteiger partial charge in [-0.05, 0) is 43.6 Å². The molecule has 1 aliphatic carbocycles. The van der Waals surface area contributed by atoms with Crippen LogP contribution in [0.15, 0.2) is 17.5 Å². The van der Waals surface area contributed by atoms with Gasteiger partial charge in [0.1, 0.15) is 0 Å². The van der Waals surface area contributed by atoms with Crippen LogP contribution in [0.2, 0.25) is 0 Å². The van der Waals surface area contributed by atoms with E-state index in [1.165, 1.54) is 37.0 Å². The molecule has 1 atom stereocenters. The SMILES string of the molecule is C[C@@H](NCCc1cccs1)C1CCCC1. The van der Waals surface area contributed by atoms with Crippen molar-refractivity contribution in [3.05, 3.63) is 22.4 Å². The molecule has 2 heteroatoms. The van der Waals surface area contributed by atoms with Crippen molar-refractivity contribution in [2.24, 2.45) is 5.92 Å². The minimum Gasteiger partial charge on any atom is -0.314 e. The first-order valence-corrected chi connectivity index (χ1v) is 7.00. The van der Waals surface area contributed by atoms with E-state index in [1.54, 1.807) is 0 Å². The summed E-state index contributed by atoms with van der Waals surface area (Å²) in [4.78, 5) is 1.50. The van der Waals surface area contributed by atoms with E-state index in [1.807, 2.05) is 11.3 Å². The molecule has 1 aromatic heterocycles. The van der Waals surface area contributed by atoms with E-state index in [9.17, 15) is 0 Å². The Morgan fingerprint density at radius 2 is 2.27 bits per heavy atom. The summed E-state index contributed by atoms with van der Waals surface area (Å²) in [5.41, 5.74) is 0. The van der Waals surface area contributed by atoms with E-state index >= 15 is 0 Å². The van der Waals surface area contributed by atoms with Crippen LogP contribution in [0.4, 0.5) is 0 Å². The molecule has 0 saturated heterocycles. The molecule has 1 saturated carbocycles. The Morgan fingerprint density at radius 1 is 1.47 bits per heavy atom. The van der Waals surface area contributed by atoms with Crippen molar-refractivity contribution in [3.63, 3.8) is 0 Å². The van der Waals surface area contributed by atoms with Crippen molar-refractivity contribution in [3.8, 4) is 0 Å². The highest BCUT2D eigenvalue weighted by Crippen LogP contribution is 2.27. The summed E-state index contributed by atoms with van der Waals surface area (Å²) in [5.74, 6) is 0.938. The first-order chi connectivity index (χ1) is 7.36. The second-order valence-corrected chi connectivity index (χ2v) is 5.65. The lowest BCUT2D eigenvalue weighted by molar-refractivity contribution is 0.384. The fraction of sp³-hybridized carbons (Fsp3) is 0.692. The predicted octanol–water partition coefficient (Wildman–Crippen LogP) is 3.46. The van der Waals surface area contributed by atoms with Crippen molar-refractivity contribution in [1.82, 2.24) is 5.32 Å². The molecule has 1 heterocycles. The van der Waals surface area contributed by atoms with E-state index in [0.717, 1.165) is 12.5 Å². The molecule has 1 fully saturated rings. The summed E-state index contributed by atoms with van der Waals surface area (Å²) in [6, 6.07) is 5.08. The van der Waals surface area contributed by atoms with Gasteiger partial charge in [-0.3, -0.25) is 0 Å². The van der Waals surface area contributed by atoms with Crippen LogP contribution in [0.1, 0.15) is 37.5 Å². The van der Waals surface area contributed by atoms with Gasteiger partial charge < -0.3 is 5.32 Å². The summed E-state index contributed by atoms with van der Waals surface area (Å²) in [7, 11) is 0. The van der Waals surface area contributed by atoms with Gasteiger partial charge in [0, 0.05) is 17.5 Å². The third-order valence-electron chi connectivity index (χ3n) is 3.52. The van der Waals surface area contributed by atoms with Gasteiger partial charge >= 0.3 is 0 Å². The minimum absolute atomic E-state index is 0.715. The van der Waals surface area contributed by atoms with Gasteiger partial charge in [0.25, 0.3) is 0 Å². The Kier molecular flexibility index (Phi) is 4.21. The fourth-order valence-electron chi connectivity index (χ4n) is 2.50. The molecule has 0 aliphatic heterocycles. The number of rotatable bonds is 5. The Balaban J connectivity index is 1.64. The van der Waals surface area contributed by atoms with Crippen molar-refractivity contribution in [2.45, 2.75) is 45.1 Å². The van der Waals surface area contributed by atoms with E-state index in [0.29, 0.717) is 6.04 Å². The molecule has 0 radical (unpaired) electrons. The minimum atomic E-state index is 0.715. The lowest BCUT2D eigenvalue weighted by Crippen LogP contribution is -2.33. The average Bonchev–Trinajstić information content (AvgIpc) is 2.90. The van der Waals surface area contributed by atoms with Crippen LogP contribution >= 0.6 is 11.3 Å². The van der Waals surface area contributed by atoms with Gasteiger partial charge in [0.05, 0.1) is 0 Å². The molecular weight excluding hydrogens is 202 g/mol. The predicted molar refractivity (Wildman–Crippen MR) is 67.4 cm³/mol. The van der Waals surface area contributed by atoms with Gasteiger partial charge in [-0.1, -0.05) is 18.9 Å². The Labute approximate surface area is 96.9 Å². The van der Waals surface area contributed by atoms with Gasteiger partial charge in [-0.2, -0.15) is 0 Å². The summed E-state index contributed by atoms with van der Waals surface area (Å²) in [6.07, 6.45) is 6.96. The van der Waals surface area contributed by atoms with Crippen molar-refractivity contribution in [1.29, 1.82) is 0 Å². The van der Waals surface area contributed by atoms with E-state index in [4.69, 9.17) is 0 Å². The monoisotopic (exact) mass is 223 g/mol. The molecular formula is C13H21NS. The van der Waals surface area contributed by atoms with E-state index < -0.39 is 0 Å². The van der Waals surface area contributed by atoms with Crippen LogP contribution in [0.25, 0.3) is 0 Å². The zero-order valence-corrected chi connectivity index (χ0v) is 10.4. The van der Waals surface area contributed by atoms with E-state index in [2.05, 4.69) is 29.8 Å². The van der Waals surface area contributed by atoms with Crippen molar-refractivity contribution < 1.29 is 0 Å². The third-order valence-corrected chi connectivity index (χ3v) is 4.46. The van der Waals surface area contributed by atoms with E-state index in [-0.39, 0.29) is 0 Å². The molecule has 1 aromatic rings. The lowest BCUT2D eigenvalue weighted by Gasteiger charge is -2.20. The second-order valence-electron chi connectivity index (χ2n) is 4.62. The van der Waals surface area contributed by atoms with Gasteiger partial charge in [0.15, 0.2) is 0 Å². The van der Waals surface area contributed by atoms with Crippen LogP contribution in [0, 0.1) is 5.92 Å². The van der Waals surface area contributed by atoms with Crippen LogP contribution in [-0.4, -0.2) is 12.6 Å². The first kappa shape index (κ1) is 11.2.